The molecule has 1 aliphatic heterocycles. The Labute approximate surface area is 478 Å². The number of rotatable bonds is 57. The molecule has 6 atom stereocenters. The van der Waals surface area contributed by atoms with Crippen molar-refractivity contribution in [3.8, 4) is 0 Å². The van der Waals surface area contributed by atoms with Gasteiger partial charge in [-0.2, -0.15) is 8.42 Å². The Balaban J connectivity index is 2.24. The van der Waals surface area contributed by atoms with E-state index in [4.69, 9.17) is 18.9 Å². The maximum atomic E-state index is 13.0. The van der Waals surface area contributed by atoms with E-state index in [0.717, 1.165) is 77.0 Å². The number of aliphatic hydroxyl groups is 3. The van der Waals surface area contributed by atoms with Crippen LogP contribution in [-0.4, -0.2) is 97.5 Å². The summed E-state index contributed by atoms with van der Waals surface area (Å²) >= 11 is 0. The molecule has 12 nitrogen and oxygen atoms in total. The summed E-state index contributed by atoms with van der Waals surface area (Å²) in [6, 6.07) is 0. The van der Waals surface area contributed by atoms with Gasteiger partial charge >= 0.3 is 16.4 Å². The van der Waals surface area contributed by atoms with E-state index in [9.17, 15) is 33.1 Å². The Morgan fingerprint density at radius 1 is 0.500 bits per heavy atom. The molecule has 0 amide bonds. The van der Waals surface area contributed by atoms with Crippen molar-refractivity contribution in [2.45, 2.75) is 320 Å². The van der Waals surface area contributed by atoms with E-state index < -0.39 is 59.8 Å². The molecule has 456 valence electrons. The molecule has 0 aromatic carbocycles. The molecule has 1 fully saturated rings. The maximum Gasteiger partial charge on any atom is 0.397 e. The first-order valence-electron chi connectivity index (χ1n) is 32.0. The number of hydrogen-bond donors (Lipinski definition) is 4. The van der Waals surface area contributed by atoms with Gasteiger partial charge in [-0.25, -0.2) is 4.18 Å². The van der Waals surface area contributed by atoms with Crippen LogP contribution < -0.4 is 0 Å². The van der Waals surface area contributed by atoms with Gasteiger partial charge in [0.2, 0.25) is 0 Å². The third-order valence-electron chi connectivity index (χ3n) is 14.7. The Hall–Kier alpha value is -2.20. The van der Waals surface area contributed by atoms with Crippen molar-refractivity contribution in [3.05, 3.63) is 60.8 Å². The summed E-state index contributed by atoms with van der Waals surface area (Å²) in [6.45, 7) is 3.93. The molecule has 0 spiro atoms. The lowest BCUT2D eigenvalue weighted by atomic mass is 9.99. The van der Waals surface area contributed by atoms with Gasteiger partial charge in [0.1, 0.15) is 30.5 Å². The normalized spacial score (nSPS) is 18.8. The highest BCUT2D eigenvalue weighted by molar-refractivity contribution is 7.80. The summed E-state index contributed by atoms with van der Waals surface area (Å²) in [5.74, 6) is -0.402. The first-order chi connectivity index (χ1) is 38.1. The second-order valence-corrected chi connectivity index (χ2v) is 23.0. The average molecular weight is 1120 g/mol. The summed E-state index contributed by atoms with van der Waals surface area (Å²) in [7, 11) is -5.07. The first-order valence-corrected chi connectivity index (χ1v) is 33.4. The van der Waals surface area contributed by atoms with Crippen LogP contribution in [0, 0.1) is 0 Å². The van der Waals surface area contributed by atoms with Gasteiger partial charge in [-0.1, -0.05) is 280 Å². The van der Waals surface area contributed by atoms with E-state index >= 15 is 0 Å². The number of esters is 1. The lowest BCUT2D eigenvalue weighted by Crippen LogP contribution is -2.60. The van der Waals surface area contributed by atoms with Crippen LogP contribution in [0.25, 0.3) is 0 Å². The molecule has 1 saturated heterocycles. The van der Waals surface area contributed by atoms with Crippen LogP contribution in [0.2, 0.25) is 0 Å². The fourth-order valence-corrected chi connectivity index (χ4v) is 10.4. The molecule has 1 aliphatic rings. The highest BCUT2D eigenvalue weighted by Gasteiger charge is 2.48. The standard InChI is InChI=1S/C65H118O12S/c1-3-5-7-9-11-13-15-17-19-21-23-25-27-29-31-33-35-37-39-41-43-45-47-49-51-53-55-73-57-59(58-74-65-63(69)64(77-78(70,71)72)62(68)60(56-66)76-65)75-61(67)54-52-50-48-46-44-42-40-38-36-34-32-30-28-26-24-22-20-18-16-14-12-10-8-6-4-2/h6,8,12,14,18,20,24,26,30,32,59-60,62-66,68-69H,3-5,7,9-11,13,15-17,19,21-23,25,27-29,31,33-58H2,1-2H3,(H,70,71,72)/b8-6-,14-12-,20-18-,26-24-,32-30-. The Kier molecular flexibility index (Phi) is 52.4. The monoisotopic (exact) mass is 1120 g/mol. The molecule has 0 radical (unpaired) electrons. The van der Waals surface area contributed by atoms with E-state index in [-0.39, 0.29) is 19.6 Å². The zero-order chi connectivity index (χ0) is 56.7. The summed E-state index contributed by atoms with van der Waals surface area (Å²) in [6.07, 6.45) is 64.1. The second-order valence-electron chi connectivity index (χ2n) is 22.0. The minimum atomic E-state index is -5.07. The molecule has 0 saturated carbocycles. The van der Waals surface area contributed by atoms with E-state index in [1.165, 1.54) is 180 Å². The molecular weight excluding hydrogens is 1000 g/mol. The fraction of sp³-hybridized carbons (Fsp3) is 0.831. The van der Waals surface area contributed by atoms with Gasteiger partial charge in [0.15, 0.2) is 6.29 Å². The van der Waals surface area contributed by atoms with Crippen LogP contribution in [0.4, 0.5) is 0 Å². The molecule has 0 aromatic heterocycles. The molecule has 0 bridgehead atoms. The van der Waals surface area contributed by atoms with Crippen molar-refractivity contribution >= 4 is 16.4 Å². The predicted octanol–water partition coefficient (Wildman–Crippen LogP) is 16.8. The molecule has 78 heavy (non-hydrogen) atoms. The topological polar surface area (TPSA) is 178 Å². The van der Waals surface area contributed by atoms with Gasteiger partial charge in [-0.3, -0.25) is 9.35 Å². The highest BCUT2D eigenvalue weighted by atomic mass is 32.3. The smallest absolute Gasteiger partial charge is 0.397 e. The van der Waals surface area contributed by atoms with Gasteiger partial charge in [0, 0.05) is 13.0 Å². The molecule has 0 aliphatic carbocycles. The number of hydrogen-bond acceptors (Lipinski definition) is 11. The zero-order valence-corrected chi connectivity index (χ0v) is 50.5. The SMILES string of the molecule is CC/C=C\C/C=C\C/C=C\C/C=C\C/C=C\CCCCCCCCCCCC(=O)OC(COCCCCCCCCCCCCCCCCCCCCCCCCCCCC)COC1OC(CO)C(O)C(OS(=O)(=O)O)C1O. The molecular formula is C65H118O12S. The van der Waals surface area contributed by atoms with Crippen LogP contribution >= 0.6 is 0 Å². The summed E-state index contributed by atoms with van der Waals surface area (Å²) in [5, 5.41) is 30.9. The van der Waals surface area contributed by atoms with Crippen molar-refractivity contribution in [3.63, 3.8) is 0 Å². The Bertz CT molecular complexity index is 1580. The molecule has 0 aromatic rings. The molecule has 1 rings (SSSR count). The van der Waals surface area contributed by atoms with E-state index in [1.807, 2.05) is 0 Å². The van der Waals surface area contributed by atoms with Crippen LogP contribution in [-0.2, 0) is 38.3 Å². The van der Waals surface area contributed by atoms with Crippen molar-refractivity contribution in [1.29, 1.82) is 0 Å². The summed E-state index contributed by atoms with van der Waals surface area (Å²) < 4.78 is 59.6. The van der Waals surface area contributed by atoms with Crippen LogP contribution in [0.1, 0.15) is 284 Å². The van der Waals surface area contributed by atoms with Gasteiger partial charge < -0.3 is 34.3 Å². The van der Waals surface area contributed by atoms with Crippen LogP contribution in [0.5, 0.6) is 0 Å². The number of ether oxygens (including phenoxy) is 4. The van der Waals surface area contributed by atoms with Crippen LogP contribution in [0.3, 0.4) is 0 Å². The van der Waals surface area contributed by atoms with Crippen molar-refractivity contribution in [2.24, 2.45) is 0 Å². The fourth-order valence-electron chi connectivity index (χ4n) is 9.88. The van der Waals surface area contributed by atoms with Gasteiger partial charge in [0.05, 0.1) is 19.8 Å². The summed E-state index contributed by atoms with van der Waals surface area (Å²) in [5.41, 5.74) is 0. The van der Waals surface area contributed by atoms with Crippen molar-refractivity contribution in [2.75, 3.05) is 26.4 Å². The number of allylic oxidation sites excluding steroid dienone is 10. The van der Waals surface area contributed by atoms with Crippen molar-refractivity contribution in [1.82, 2.24) is 0 Å². The molecule has 1 heterocycles. The lowest BCUT2D eigenvalue weighted by molar-refractivity contribution is -0.301. The number of aliphatic hydroxyl groups excluding tert-OH is 3. The van der Waals surface area contributed by atoms with Gasteiger partial charge in [-0.05, 0) is 57.8 Å². The number of carbonyl (C=O) groups is 1. The van der Waals surface area contributed by atoms with Gasteiger partial charge in [-0.15, -0.1) is 0 Å². The third-order valence-corrected chi connectivity index (χ3v) is 15.1. The minimum Gasteiger partial charge on any atom is -0.457 e. The largest absolute Gasteiger partial charge is 0.457 e. The minimum absolute atomic E-state index is 0.0350. The Morgan fingerprint density at radius 3 is 1.29 bits per heavy atom. The van der Waals surface area contributed by atoms with E-state index in [2.05, 4.69) is 78.8 Å². The average Bonchev–Trinajstić information content (AvgIpc) is 3.46. The second kappa shape index (κ2) is 55.3. The third kappa shape index (κ3) is 47.4. The zero-order valence-electron chi connectivity index (χ0n) is 49.7. The first kappa shape index (κ1) is 73.8. The lowest BCUT2D eigenvalue weighted by Gasteiger charge is -2.41. The molecule has 4 N–H and O–H groups in total. The number of unbranched alkanes of at least 4 members (excludes halogenated alkanes) is 34. The maximum absolute atomic E-state index is 13.0. The molecule has 13 heteroatoms. The van der Waals surface area contributed by atoms with Crippen LogP contribution in [0.15, 0.2) is 60.8 Å². The number of carbonyl (C=O) groups excluding carboxylic acids is 1. The molecule has 6 unspecified atom stereocenters. The Morgan fingerprint density at radius 2 is 0.885 bits per heavy atom. The van der Waals surface area contributed by atoms with E-state index in [1.54, 1.807) is 0 Å². The quantitative estimate of drug-likeness (QED) is 0.0196. The highest BCUT2D eigenvalue weighted by Crippen LogP contribution is 2.26. The van der Waals surface area contributed by atoms with E-state index in [0.29, 0.717) is 13.0 Å². The summed E-state index contributed by atoms with van der Waals surface area (Å²) in [4.78, 5) is 13.0. The van der Waals surface area contributed by atoms with Crippen molar-refractivity contribution < 1.29 is 56.2 Å². The predicted molar refractivity (Wildman–Crippen MR) is 322 cm³/mol. The van der Waals surface area contributed by atoms with Gasteiger partial charge in [0.25, 0.3) is 0 Å².